The van der Waals surface area contributed by atoms with E-state index < -0.39 is 0 Å². The smallest absolute Gasteiger partial charge is 0.238 e. The van der Waals surface area contributed by atoms with Crippen molar-refractivity contribution in [2.75, 3.05) is 16.0 Å². The number of nitrogens with one attached hydrogen (secondary N) is 1. The van der Waals surface area contributed by atoms with Crippen molar-refractivity contribution < 1.29 is 14.4 Å². The minimum absolute atomic E-state index is 0.0569. The molecule has 0 radical (unpaired) electrons. The van der Waals surface area contributed by atoms with Gasteiger partial charge in [-0.1, -0.05) is 56.0 Å². The zero-order chi connectivity index (χ0) is 25.0. The van der Waals surface area contributed by atoms with E-state index in [0.717, 1.165) is 50.6 Å². The van der Waals surface area contributed by atoms with Gasteiger partial charge in [0.1, 0.15) is 0 Å². The van der Waals surface area contributed by atoms with Crippen molar-refractivity contribution in [1.82, 2.24) is 4.98 Å². The van der Waals surface area contributed by atoms with Gasteiger partial charge in [-0.15, -0.1) is 11.3 Å². The van der Waals surface area contributed by atoms with E-state index in [9.17, 15) is 14.4 Å². The first kappa shape index (κ1) is 23.4. The van der Waals surface area contributed by atoms with E-state index >= 15 is 0 Å². The number of benzene rings is 2. The second-order valence-corrected chi connectivity index (χ2v) is 11.9. The van der Waals surface area contributed by atoms with Crippen LogP contribution in [-0.4, -0.2) is 28.5 Å². The Hall–Kier alpha value is -2.97. The van der Waals surface area contributed by atoms with Crippen molar-refractivity contribution in [2.45, 2.75) is 37.4 Å². The average molecular weight is 518 g/mol. The van der Waals surface area contributed by atoms with Crippen LogP contribution < -0.4 is 10.2 Å². The van der Waals surface area contributed by atoms with Gasteiger partial charge >= 0.3 is 0 Å². The fraction of sp³-hybridized carbons (Fsp3) is 0.357. The van der Waals surface area contributed by atoms with Gasteiger partial charge in [0.15, 0.2) is 4.34 Å². The van der Waals surface area contributed by atoms with Gasteiger partial charge in [-0.2, -0.15) is 0 Å². The summed E-state index contributed by atoms with van der Waals surface area (Å²) in [6.07, 6.45) is 6.86. The number of hydrogen-bond donors (Lipinski definition) is 1. The Morgan fingerprint density at radius 3 is 2.36 bits per heavy atom. The lowest BCUT2D eigenvalue weighted by atomic mass is 9.85. The van der Waals surface area contributed by atoms with Crippen LogP contribution in [0.15, 0.2) is 52.9 Å². The van der Waals surface area contributed by atoms with Gasteiger partial charge in [-0.25, -0.2) is 9.88 Å². The second-order valence-electron chi connectivity index (χ2n) is 9.64. The summed E-state index contributed by atoms with van der Waals surface area (Å²) in [6, 6.07) is 11.7. The third kappa shape index (κ3) is 3.78. The first-order valence-electron chi connectivity index (χ1n) is 12.5. The summed E-state index contributed by atoms with van der Waals surface area (Å²) in [5.41, 5.74) is 4.62. The van der Waals surface area contributed by atoms with Gasteiger partial charge in [0.2, 0.25) is 17.7 Å². The van der Waals surface area contributed by atoms with Crippen LogP contribution in [-0.2, 0) is 27.2 Å². The highest BCUT2D eigenvalue weighted by atomic mass is 32.2. The highest BCUT2D eigenvalue weighted by Gasteiger charge is 2.59. The van der Waals surface area contributed by atoms with Gasteiger partial charge in [0.05, 0.1) is 33.5 Å². The standard InChI is InChI=1S/C28H27N3O3S2/c1-3-15-6-5-7-16(4-2)25(15)30-22(32)14-35-28-29-20-11-10-19(13-21(20)36-28)31-26(33)23-17-8-9-18(12-17)24(23)27(31)34/h5-11,13,17-18,23-24H,3-4,12,14H2,1-2H3,(H,30,32)/t17-,18-,23-,24+/m1/s1. The van der Waals surface area contributed by atoms with Crippen molar-refractivity contribution >= 4 is 62.4 Å². The molecule has 2 aliphatic carbocycles. The number of carbonyl (C=O) groups is 3. The molecule has 0 spiro atoms. The number of allylic oxidation sites excluding steroid dienone is 2. The maximum absolute atomic E-state index is 13.2. The Balaban J connectivity index is 1.16. The summed E-state index contributed by atoms with van der Waals surface area (Å²) < 4.78 is 1.69. The molecule has 1 N–H and O–H groups in total. The van der Waals surface area contributed by atoms with Gasteiger partial charge in [0.25, 0.3) is 0 Å². The number of anilines is 2. The van der Waals surface area contributed by atoms with Crippen LogP contribution in [0.3, 0.4) is 0 Å². The molecule has 36 heavy (non-hydrogen) atoms. The largest absolute Gasteiger partial charge is 0.325 e. The Morgan fingerprint density at radius 2 is 1.72 bits per heavy atom. The van der Waals surface area contributed by atoms with Crippen LogP contribution in [0, 0.1) is 23.7 Å². The minimum Gasteiger partial charge on any atom is -0.325 e. The van der Waals surface area contributed by atoms with Gasteiger partial charge in [-0.3, -0.25) is 14.4 Å². The maximum Gasteiger partial charge on any atom is 0.238 e. The second kappa shape index (κ2) is 9.16. The highest BCUT2D eigenvalue weighted by Crippen LogP contribution is 2.53. The number of carbonyl (C=O) groups excluding carboxylic acids is 3. The SMILES string of the molecule is CCc1cccc(CC)c1NC(=O)CSc1nc2ccc(N3C(=O)[C@@H]4[C@H](C3=O)[C@@H]3C=C[C@@H]4C3)cc2s1. The number of thioether (sulfide) groups is 1. The summed E-state index contributed by atoms with van der Waals surface area (Å²) in [6.45, 7) is 4.18. The number of para-hydroxylation sites is 1. The minimum atomic E-state index is -0.208. The molecule has 2 fully saturated rings. The number of aryl methyl sites for hydroxylation is 2. The maximum atomic E-state index is 13.2. The summed E-state index contributed by atoms with van der Waals surface area (Å²) in [7, 11) is 0. The molecule has 8 heteroatoms. The van der Waals surface area contributed by atoms with Crippen LogP contribution in [0.25, 0.3) is 10.2 Å². The molecular weight excluding hydrogens is 490 g/mol. The van der Waals surface area contributed by atoms with E-state index in [0.29, 0.717) is 5.69 Å². The molecule has 3 aromatic rings. The molecule has 1 aromatic heterocycles. The molecule has 4 atom stereocenters. The molecule has 1 saturated heterocycles. The molecule has 2 heterocycles. The third-order valence-electron chi connectivity index (χ3n) is 7.67. The predicted molar refractivity (Wildman–Crippen MR) is 144 cm³/mol. The average Bonchev–Trinajstić information content (AvgIpc) is 3.65. The number of rotatable bonds is 7. The fourth-order valence-corrected chi connectivity index (χ4v) is 7.86. The van der Waals surface area contributed by atoms with E-state index in [4.69, 9.17) is 0 Å². The first-order chi connectivity index (χ1) is 17.5. The van der Waals surface area contributed by atoms with Crippen LogP contribution in [0.5, 0.6) is 0 Å². The monoisotopic (exact) mass is 517 g/mol. The number of aromatic nitrogens is 1. The third-order valence-corrected chi connectivity index (χ3v) is 9.83. The summed E-state index contributed by atoms with van der Waals surface area (Å²) >= 11 is 2.88. The van der Waals surface area contributed by atoms with Crippen LogP contribution in [0.4, 0.5) is 11.4 Å². The van der Waals surface area contributed by atoms with E-state index in [1.807, 2.05) is 24.3 Å². The Kier molecular flexibility index (Phi) is 5.96. The number of imide groups is 1. The Bertz CT molecular complexity index is 1380. The predicted octanol–water partition coefficient (Wildman–Crippen LogP) is 5.46. The molecule has 0 unspecified atom stereocenters. The van der Waals surface area contributed by atoms with Crippen LogP contribution in [0.1, 0.15) is 31.4 Å². The van der Waals surface area contributed by atoms with Crippen LogP contribution in [0.2, 0.25) is 0 Å². The fourth-order valence-electron chi connectivity index (χ4n) is 5.96. The molecule has 6 nitrogen and oxygen atoms in total. The molecule has 2 aromatic carbocycles. The molecule has 2 bridgehead atoms. The zero-order valence-electron chi connectivity index (χ0n) is 20.2. The molecule has 3 aliphatic rings. The number of hydrogen-bond acceptors (Lipinski definition) is 6. The number of thiazole rings is 1. The molecular formula is C28H27N3O3S2. The Morgan fingerprint density at radius 1 is 1.06 bits per heavy atom. The highest BCUT2D eigenvalue weighted by molar-refractivity contribution is 8.01. The summed E-state index contributed by atoms with van der Waals surface area (Å²) in [5.74, 6) is 0.0302. The number of nitrogens with zero attached hydrogens (tertiary/aromatic N) is 2. The molecule has 1 aliphatic heterocycles. The first-order valence-corrected chi connectivity index (χ1v) is 14.3. The number of fused-ring (bicyclic) bond motifs is 6. The molecule has 6 rings (SSSR count). The molecule has 3 amide bonds. The van der Waals surface area contributed by atoms with E-state index in [2.05, 4.69) is 48.4 Å². The summed E-state index contributed by atoms with van der Waals surface area (Å²) in [5, 5.41) is 3.10. The molecule has 184 valence electrons. The topological polar surface area (TPSA) is 79.4 Å². The van der Waals surface area contributed by atoms with E-state index in [-0.39, 0.29) is 47.1 Å². The van der Waals surface area contributed by atoms with Gasteiger partial charge < -0.3 is 5.32 Å². The number of amides is 3. The summed E-state index contributed by atoms with van der Waals surface area (Å²) in [4.78, 5) is 45.1. The van der Waals surface area contributed by atoms with Crippen molar-refractivity contribution in [3.05, 3.63) is 59.7 Å². The van der Waals surface area contributed by atoms with E-state index in [1.165, 1.54) is 28.0 Å². The lowest BCUT2D eigenvalue weighted by Crippen LogP contribution is -2.32. The van der Waals surface area contributed by atoms with Gasteiger partial charge in [0, 0.05) is 5.69 Å². The zero-order valence-corrected chi connectivity index (χ0v) is 21.8. The Labute approximate surface area is 218 Å². The van der Waals surface area contributed by atoms with E-state index in [1.54, 1.807) is 0 Å². The van der Waals surface area contributed by atoms with Crippen molar-refractivity contribution in [3.63, 3.8) is 0 Å². The van der Waals surface area contributed by atoms with Crippen molar-refractivity contribution in [3.8, 4) is 0 Å². The van der Waals surface area contributed by atoms with Crippen molar-refractivity contribution in [2.24, 2.45) is 23.7 Å². The van der Waals surface area contributed by atoms with Crippen LogP contribution >= 0.6 is 23.1 Å². The lowest BCUT2D eigenvalue weighted by Gasteiger charge is -2.17. The lowest BCUT2D eigenvalue weighted by molar-refractivity contribution is -0.123. The normalized spacial score (nSPS) is 24.2. The molecule has 1 saturated carbocycles. The van der Waals surface area contributed by atoms with Crippen molar-refractivity contribution in [1.29, 1.82) is 0 Å². The van der Waals surface area contributed by atoms with Gasteiger partial charge in [-0.05, 0) is 60.4 Å². The quantitative estimate of drug-likeness (QED) is 0.256.